The van der Waals surface area contributed by atoms with Gasteiger partial charge in [0.05, 0.1) is 12.9 Å². The minimum absolute atomic E-state index is 0.0230. The first kappa shape index (κ1) is 14.8. The molecule has 13 heteroatoms. The number of H-pyrrole nitrogens is 1. The summed E-state index contributed by atoms with van der Waals surface area (Å²) in [5.41, 5.74) is 5.12. The van der Waals surface area contributed by atoms with E-state index in [0.717, 1.165) is 0 Å². The number of ether oxygens (including phenoxy) is 1. The Morgan fingerprint density at radius 1 is 1.52 bits per heavy atom. The molecule has 2 fully saturated rings. The van der Waals surface area contributed by atoms with Gasteiger partial charge in [-0.3, -0.25) is 23.4 Å². The van der Waals surface area contributed by atoms with Crippen LogP contribution in [0.5, 0.6) is 0 Å². The molecule has 5 N–H and O–H groups in total. The van der Waals surface area contributed by atoms with Crippen molar-refractivity contribution >= 4 is 24.9 Å². The number of nitrogens with one attached hydrogen (secondary N) is 1. The Bertz CT molecular complexity index is 880. The van der Waals surface area contributed by atoms with Crippen molar-refractivity contribution in [3.63, 3.8) is 0 Å². The standard InChI is InChI=1S/C10H12N5O7P/c11-10-13-7-4(8(17)14-10)12-2-15(7)9-5(16)6-3(21-9)1-20-23(18,19)22-6/h2-3,5-6,9,16H,1H2,(H,18,19)(H3,11,13,14,17)/t3-,5-,6-,9?/m1/s1. The second kappa shape index (κ2) is 4.84. The second-order valence-electron chi connectivity index (χ2n) is 5.17. The molecule has 2 unspecified atom stereocenters. The zero-order valence-corrected chi connectivity index (χ0v) is 12.3. The third-order valence-electron chi connectivity index (χ3n) is 3.69. The molecule has 0 spiro atoms. The molecule has 0 aliphatic carbocycles. The molecule has 124 valence electrons. The van der Waals surface area contributed by atoms with Gasteiger partial charge in [0.1, 0.15) is 18.3 Å². The minimum atomic E-state index is -4.22. The van der Waals surface area contributed by atoms with Gasteiger partial charge >= 0.3 is 7.82 Å². The zero-order valence-electron chi connectivity index (χ0n) is 11.4. The largest absolute Gasteiger partial charge is 0.472 e. The summed E-state index contributed by atoms with van der Waals surface area (Å²) in [4.78, 5) is 31.3. The highest BCUT2D eigenvalue weighted by Gasteiger charge is 2.52. The molecule has 0 amide bonds. The number of phosphoric acid groups is 1. The van der Waals surface area contributed by atoms with E-state index < -0.39 is 37.9 Å². The average molecular weight is 345 g/mol. The predicted octanol–water partition coefficient (Wildman–Crippen LogP) is -1.52. The van der Waals surface area contributed by atoms with Gasteiger partial charge in [0.15, 0.2) is 17.4 Å². The van der Waals surface area contributed by atoms with Gasteiger partial charge in [0, 0.05) is 0 Å². The zero-order chi connectivity index (χ0) is 16.4. The maximum Gasteiger partial charge on any atom is 0.472 e. The number of aromatic nitrogens is 4. The van der Waals surface area contributed by atoms with Crippen LogP contribution in [0.4, 0.5) is 5.95 Å². The lowest BCUT2D eigenvalue weighted by molar-refractivity contribution is -0.0664. The fraction of sp³-hybridized carbons (Fsp3) is 0.500. The number of aliphatic hydroxyl groups is 1. The first-order valence-corrected chi connectivity index (χ1v) is 8.07. The SMILES string of the molecule is Nc1nc2c(ncn2C2O[C@@H]3COP(=O)(O)O[C@H]3[C@H]2O)c(=O)[nH]1. The van der Waals surface area contributed by atoms with Crippen LogP contribution < -0.4 is 11.3 Å². The number of fused-ring (bicyclic) bond motifs is 2. The van der Waals surface area contributed by atoms with E-state index >= 15 is 0 Å². The molecule has 2 aromatic heterocycles. The van der Waals surface area contributed by atoms with E-state index in [1.165, 1.54) is 10.9 Å². The number of phosphoric ester groups is 1. The van der Waals surface area contributed by atoms with Crippen molar-refractivity contribution in [2.75, 3.05) is 12.3 Å². The monoisotopic (exact) mass is 345 g/mol. The average Bonchev–Trinajstić information content (AvgIpc) is 3.00. The summed E-state index contributed by atoms with van der Waals surface area (Å²) in [6.07, 6.45) is -2.85. The van der Waals surface area contributed by atoms with Crippen LogP contribution in [-0.4, -0.2) is 54.4 Å². The van der Waals surface area contributed by atoms with E-state index in [0.29, 0.717) is 0 Å². The van der Waals surface area contributed by atoms with E-state index in [9.17, 15) is 19.4 Å². The van der Waals surface area contributed by atoms with E-state index in [2.05, 4.69) is 19.5 Å². The number of anilines is 1. The highest BCUT2D eigenvalue weighted by molar-refractivity contribution is 7.47. The Morgan fingerprint density at radius 3 is 3.09 bits per heavy atom. The molecule has 0 saturated carbocycles. The molecule has 2 aliphatic heterocycles. The lowest BCUT2D eigenvalue weighted by atomic mass is 10.1. The molecule has 4 rings (SSSR count). The van der Waals surface area contributed by atoms with Crippen molar-refractivity contribution in [3.8, 4) is 0 Å². The summed E-state index contributed by atoms with van der Waals surface area (Å²) >= 11 is 0. The second-order valence-corrected chi connectivity index (χ2v) is 6.57. The van der Waals surface area contributed by atoms with E-state index in [4.69, 9.17) is 15.0 Å². The van der Waals surface area contributed by atoms with Crippen LogP contribution >= 0.6 is 7.82 Å². The Hall–Kier alpha value is -1.82. The quantitative estimate of drug-likeness (QED) is 0.444. The fourth-order valence-electron chi connectivity index (χ4n) is 2.69. The van der Waals surface area contributed by atoms with Gasteiger partial charge in [0.25, 0.3) is 5.56 Å². The van der Waals surface area contributed by atoms with Gasteiger partial charge in [-0.05, 0) is 0 Å². The third-order valence-corrected chi connectivity index (χ3v) is 4.68. The molecule has 2 aliphatic rings. The molecular formula is C10H12N5O7P. The van der Waals surface area contributed by atoms with Crippen LogP contribution in [0.25, 0.3) is 11.2 Å². The van der Waals surface area contributed by atoms with Crippen LogP contribution in [0.1, 0.15) is 6.23 Å². The summed E-state index contributed by atoms with van der Waals surface area (Å²) in [5.74, 6) is -0.117. The number of imidazole rings is 1. The third kappa shape index (κ3) is 2.27. The lowest BCUT2D eigenvalue weighted by Gasteiger charge is -2.27. The maximum absolute atomic E-state index is 11.8. The van der Waals surface area contributed by atoms with Crippen molar-refractivity contribution in [2.45, 2.75) is 24.5 Å². The van der Waals surface area contributed by atoms with E-state index in [1.807, 2.05) is 0 Å². The number of nitrogen functional groups attached to an aromatic ring is 1. The van der Waals surface area contributed by atoms with Gasteiger partial charge in [-0.1, -0.05) is 0 Å². The number of aromatic amines is 1. The predicted molar refractivity (Wildman–Crippen MR) is 73.1 cm³/mol. The van der Waals surface area contributed by atoms with Gasteiger partial charge in [0.2, 0.25) is 5.95 Å². The van der Waals surface area contributed by atoms with E-state index in [1.54, 1.807) is 0 Å². The molecule has 2 saturated heterocycles. The molecule has 23 heavy (non-hydrogen) atoms. The number of rotatable bonds is 1. The number of aliphatic hydroxyl groups excluding tert-OH is 1. The van der Waals surface area contributed by atoms with Gasteiger partial charge in [-0.15, -0.1) is 0 Å². The Kier molecular flexibility index (Phi) is 3.10. The highest BCUT2D eigenvalue weighted by Crippen LogP contribution is 2.52. The van der Waals surface area contributed by atoms with Gasteiger partial charge in [-0.2, -0.15) is 4.98 Å². The summed E-state index contributed by atoms with van der Waals surface area (Å²) in [5, 5.41) is 10.4. The summed E-state index contributed by atoms with van der Waals surface area (Å²) in [6.45, 7) is -0.214. The maximum atomic E-state index is 11.8. The minimum Gasteiger partial charge on any atom is -0.386 e. The molecule has 4 heterocycles. The normalized spacial score (nSPS) is 37.1. The topological polar surface area (TPSA) is 175 Å². The number of nitrogens with two attached hydrogens (primary N) is 1. The van der Waals surface area contributed by atoms with Crippen molar-refractivity contribution in [1.82, 2.24) is 19.5 Å². The summed E-state index contributed by atoms with van der Waals surface area (Å²) in [6, 6.07) is 0. The molecule has 5 atom stereocenters. The summed E-state index contributed by atoms with van der Waals surface area (Å²) < 4.78 is 27.9. The van der Waals surface area contributed by atoms with Crippen LogP contribution in [-0.2, 0) is 18.3 Å². The molecule has 0 radical (unpaired) electrons. The Morgan fingerprint density at radius 2 is 2.30 bits per heavy atom. The first-order valence-electron chi connectivity index (χ1n) is 6.57. The van der Waals surface area contributed by atoms with Crippen molar-refractivity contribution in [1.29, 1.82) is 0 Å². The number of hydrogen-bond donors (Lipinski definition) is 4. The fourth-order valence-corrected chi connectivity index (χ4v) is 3.66. The first-order chi connectivity index (χ1) is 10.9. The number of nitrogens with zero attached hydrogens (tertiary/aromatic N) is 3. The van der Waals surface area contributed by atoms with Crippen LogP contribution in [0.2, 0.25) is 0 Å². The van der Waals surface area contributed by atoms with E-state index in [-0.39, 0.29) is 23.7 Å². The number of hydrogen-bond acceptors (Lipinski definition) is 9. The molecule has 0 bridgehead atoms. The lowest BCUT2D eigenvalue weighted by Crippen LogP contribution is -2.39. The van der Waals surface area contributed by atoms with Gasteiger partial charge in [-0.25, -0.2) is 9.55 Å². The Balaban J connectivity index is 1.75. The molecule has 2 aromatic rings. The highest BCUT2D eigenvalue weighted by atomic mass is 31.2. The van der Waals surface area contributed by atoms with Crippen LogP contribution in [0, 0.1) is 0 Å². The van der Waals surface area contributed by atoms with Crippen molar-refractivity contribution in [2.24, 2.45) is 0 Å². The molecule has 0 aromatic carbocycles. The van der Waals surface area contributed by atoms with Crippen LogP contribution in [0.15, 0.2) is 11.1 Å². The van der Waals surface area contributed by atoms with Gasteiger partial charge < -0.3 is 20.5 Å². The molecule has 12 nitrogen and oxygen atoms in total. The molecular weight excluding hydrogens is 333 g/mol. The van der Waals surface area contributed by atoms with Crippen LogP contribution in [0.3, 0.4) is 0 Å². The smallest absolute Gasteiger partial charge is 0.386 e. The van der Waals surface area contributed by atoms with Crippen molar-refractivity contribution in [3.05, 3.63) is 16.7 Å². The summed E-state index contributed by atoms with van der Waals surface area (Å²) in [7, 11) is -4.22. The van der Waals surface area contributed by atoms with Crippen molar-refractivity contribution < 1.29 is 28.3 Å². The Labute approximate surface area is 127 Å².